The predicted octanol–water partition coefficient (Wildman–Crippen LogP) is 3.27. The van der Waals surface area contributed by atoms with Crippen molar-refractivity contribution >= 4 is 0 Å². The Kier molecular flexibility index (Phi) is 3.65. The van der Waals surface area contributed by atoms with Crippen molar-refractivity contribution in [3.8, 4) is 0 Å². The van der Waals surface area contributed by atoms with Gasteiger partial charge in [-0.05, 0) is 51.4 Å². The zero-order valence-corrected chi connectivity index (χ0v) is 11.6. The average molecular weight is 254 g/mol. The Hall–Kier alpha value is -0.120. The molecule has 4 aliphatic rings. The van der Waals surface area contributed by atoms with E-state index in [2.05, 4.69) is 6.92 Å². The van der Waals surface area contributed by atoms with Gasteiger partial charge in [-0.1, -0.05) is 6.92 Å². The normalized spacial score (nSPS) is 44.2. The van der Waals surface area contributed by atoms with E-state index in [1.165, 1.54) is 38.5 Å². The van der Waals surface area contributed by atoms with E-state index in [1.54, 1.807) is 0 Å². The standard InChI is InChI=1S/C15H26O3/c1-2-15-8-6-14(7-9-15,12-18-15)11-17-13-5-3-4-10-16-13/h13H,2-12H2,1H3. The van der Waals surface area contributed by atoms with E-state index in [4.69, 9.17) is 14.2 Å². The van der Waals surface area contributed by atoms with Gasteiger partial charge in [0.25, 0.3) is 0 Å². The summed E-state index contributed by atoms with van der Waals surface area (Å²) in [4.78, 5) is 0. The van der Waals surface area contributed by atoms with E-state index >= 15 is 0 Å². The van der Waals surface area contributed by atoms with Crippen LogP contribution in [-0.4, -0.2) is 31.7 Å². The second kappa shape index (κ2) is 5.10. The van der Waals surface area contributed by atoms with Crippen molar-refractivity contribution in [2.45, 2.75) is 70.2 Å². The molecule has 0 aromatic carbocycles. The number of hydrogen-bond donors (Lipinski definition) is 0. The smallest absolute Gasteiger partial charge is 0.157 e. The molecule has 3 nitrogen and oxygen atoms in total. The highest BCUT2D eigenvalue weighted by Crippen LogP contribution is 2.50. The Labute approximate surface area is 110 Å². The summed E-state index contributed by atoms with van der Waals surface area (Å²) in [6.07, 6.45) is 9.69. The van der Waals surface area contributed by atoms with Gasteiger partial charge in [-0.15, -0.1) is 0 Å². The molecular weight excluding hydrogens is 228 g/mol. The molecule has 1 unspecified atom stereocenters. The van der Waals surface area contributed by atoms with Crippen LogP contribution < -0.4 is 0 Å². The van der Waals surface area contributed by atoms with Crippen LogP contribution in [0.15, 0.2) is 0 Å². The van der Waals surface area contributed by atoms with Crippen molar-refractivity contribution in [1.82, 2.24) is 0 Å². The third-order valence-electron chi connectivity index (χ3n) is 5.26. The SMILES string of the molecule is CCC12CCC(COC3CCCCO3)(CC1)CO2. The molecule has 4 fully saturated rings. The maximum absolute atomic E-state index is 6.14. The second-order valence-corrected chi connectivity index (χ2v) is 6.43. The van der Waals surface area contributed by atoms with E-state index in [0.29, 0.717) is 0 Å². The molecule has 0 N–H and O–H groups in total. The van der Waals surface area contributed by atoms with Crippen molar-refractivity contribution in [2.75, 3.05) is 19.8 Å². The number of fused-ring (bicyclic) bond motifs is 3. The molecule has 0 spiro atoms. The largest absolute Gasteiger partial charge is 0.374 e. The summed E-state index contributed by atoms with van der Waals surface area (Å²) in [5.74, 6) is 0. The van der Waals surface area contributed by atoms with Gasteiger partial charge >= 0.3 is 0 Å². The topological polar surface area (TPSA) is 27.7 Å². The second-order valence-electron chi connectivity index (χ2n) is 6.43. The van der Waals surface area contributed by atoms with Crippen LogP contribution in [0, 0.1) is 5.41 Å². The molecule has 3 saturated heterocycles. The van der Waals surface area contributed by atoms with E-state index in [0.717, 1.165) is 32.7 Å². The molecule has 1 aliphatic carbocycles. The monoisotopic (exact) mass is 254 g/mol. The third-order valence-corrected chi connectivity index (χ3v) is 5.26. The van der Waals surface area contributed by atoms with E-state index in [9.17, 15) is 0 Å². The molecule has 0 aromatic rings. The first kappa shape index (κ1) is 12.9. The molecule has 1 atom stereocenters. The molecule has 2 bridgehead atoms. The van der Waals surface area contributed by atoms with Crippen molar-refractivity contribution in [3.05, 3.63) is 0 Å². The summed E-state index contributed by atoms with van der Waals surface area (Å²) < 4.78 is 17.8. The molecule has 0 aromatic heterocycles. The molecule has 3 aliphatic heterocycles. The first-order valence-electron chi connectivity index (χ1n) is 7.63. The Bertz CT molecular complexity index is 259. The maximum Gasteiger partial charge on any atom is 0.157 e. The van der Waals surface area contributed by atoms with Gasteiger partial charge < -0.3 is 14.2 Å². The average Bonchev–Trinajstić information content (AvgIpc) is 2.48. The van der Waals surface area contributed by atoms with Crippen LogP contribution in [0.3, 0.4) is 0 Å². The predicted molar refractivity (Wildman–Crippen MR) is 69.4 cm³/mol. The van der Waals surface area contributed by atoms with Crippen LogP contribution in [0.25, 0.3) is 0 Å². The lowest BCUT2D eigenvalue weighted by Crippen LogP contribution is -2.52. The van der Waals surface area contributed by atoms with Crippen molar-refractivity contribution in [1.29, 1.82) is 0 Å². The van der Waals surface area contributed by atoms with Gasteiger partial charge in [-0.2, -0.15) is 0 Å². The minimum atomic E-state index is 0.0490. The minimum absolute atomic E-state index is 0.0490. The van der Waals surface area contributed by atoms with Crippen LogP contribution in [0.4, 0.5) is 0 Å². The molecule has 0 amide bonds. The molecule has 104 valence electrons. The zero-order chi connectivity index (χ0) is 12.5. The van der Waals surface area contributed by atoms with Gasteiger partial charge in [0.15, 0.2) is 6.29 Å². The summed E-state index contributed by atoms with van der Waals surface area (Å²) >= 11 is 0. The van der Waals surface area contributed by atoms with Crippen LogP contribution in [0.1, 0.15) is 58.3 Å². The lowest BCUT2D eigenvalue weighted by atomic mass is 9.66. The number of ether oxygens (including phenoxy) is 3. The first-order valence-corrected chi connectivity index (χ1v) is 7.63. The van der Waals surface area contributed by atoms with E-state index < -0.39 is 0 Å². The van der Waals surface area contributed by atoms with Crippen LogP contribution >= 0.6 is 0 Å². The van der Waals surface area contributed by atoms with Gasteiger partial charge in [-0.25, -0.2) is 0 Å². The van der Waals surface area contributed by atoms with Crippen LogP contribution in [0.5, 0.6) is 0 Å². The Morgan fingerprint density at radius 2 is 2.00 bits per heavy atom. The van der Waals surface area contributed by atoms with Crippen molar-refractivity contribution < 1.29 is 14.2 Å². The summed E-state index contributed by atoms with van der Waals surface area (Å²) in [7, 11) is 0. The summed E-state index contributed by atoms with van der Waals surface area (Å²) in [5, 5.41) is 0. The Balaban J connectivity index is 1.51. The number of rotatable bonds is 4. The quantitative estimate of drug-likeness (QED) is 0.770. The highest BCUT2D eigenvalue weighted by Gasteiger charge is 2.49. The third kappa shape index (κ3) is 2.45. The van der Waals surface area contributed by atoms with Gasteiger partial charge in [-0.3, -0.25) is 0 Å². The van der Waals surface area contributed by atoms with Gasteiger partial charge in [0, 0.05) is 12.0 Å². The van der Waals surface area contributed by atoms with Crippen LogP contribution in [0.2, 0.25) is 0 Å². The van der Waals surface area contributed by atoms with E-state index in [1.807, 2.05) is 0 Å². The summed E-state index contributed by atoms with van der Waals surface area (Å²) in [6, 6.07) is 0. The van der Waals surface area contributed by atoms with Gasteiger partial charge in [0.2, 0.25) is 0 Å². The fraction of sp³-hybridized carbons (Fsp3) is 1.00. The Morgan fingerprint density at radius 3 is 2.56 bits per heavy atom. The molecule has 3 heteroatoms. The lowest BCUT2D eigenvalue weighted by Gasteiger charge is -2.53. The van der Waals surface area contributed by atoms with Crippen LogP contribution in [-0.2, 0) is 14.2 Å². The number of hydrogen-bond acceptors (Lipinski definition) is 3. The Morgan fingerprint density at radius 1 is 1.17 bits per heavy atom. The highest BCUT2D eigenvalue weighted by molar-refractivity contribution is 4.98. The molecule has 18 heavy (non-hydrogen) atoms. The van der Waals surface area contributed by atoms with Gasteiger partial charge in [0.1, 0.15) is 0 Å². The highest BCUT2D eigenvalue weighted by atomic mass is 16.7. The van der Waals surface area contributed by atoms with Crippen molar-refractivity contribution in [3.63, 3.8) is 0 Å². The zero-order valence-electron chi connectivity index (χ0n) is 11.6. The first-order chi connectivity index (χ1) is 8.76. The lowest BCUT2D eigenvalue weighted by molar-refractivity contribution is -0.232. The molecule has 4 rings (SSSR count). The molecular formula is C15H26O3. The maximum atomic E-state index is 6.14. The molecule has 0 radical (unpaired) electrons. The fourth-order valence-corrected chi connectivity index (χ4v) is 3.58. The molecule has 3 heterocycles. The summed E-state index contributed by atoms with van der Waals surface area (Å²) in [6.45, 7) is 4.85. The fourth-order valence-electron chi connectivity index (χ4n) is 3.58. The molecule has 1 saturated carbocycles. The van der Waals surface area contributed by atoms with Gasteiger partial charge in [0.05, 0.1) is 18.8 Å². The minimum Gasteiger partial charge on any atom is -0.374 e. The van der Waals surface area contributed by atoms with Crippen molar-refractivity contribution in [2.24, 2.45) is 5.41 Å². The summed E-state index contributed by atoms with van der Waals surface area (Å²) in [5.41, 5.74) is 0.501. The van der Waals surface area contributed by atoms with E-state index in [-0.39, 0.29) is 17.3 Å².